The number of H-pyrrole nitrogens is 1. The lowest BCUT2D eigenvalue weighted by molar-refractivity contribution is -0.123. The number of rotatable bonds is 5. The van der Waals surface area contributed by atoms with Crippen LogP contribution in [0, 0.1) is 5.82 Å². The minimum Gasteiger partial charge on any atom is -0.355 e. The highest BCUT2D eigenvalue weighted by atomic mass is 19.1. The van der Waals surface area contributed by atoms with Crippen LogP contribution < -0.4 is 5.32 Å². The number of nitrogens with zero attached hydrogens (tertiary/aromatic N) is 2. The topological polar surface area (TPSA) is 70.7 Å². The van der Waals surface area contributed by atoms with E-state index >= 15 is 0 Å². The molecule has 0 atom stereocenters. The Hall–Kier alpha value is -2.24. The molecule has 0 bridgehead atoms. The lowest BCUT2D eigenvalue weighted by atomic mass is 9.95. The van der Waals surface area contributed by atoms with Gasteiger partial charge in [0, 0.05) is 13.0 Å². The summed E-state index contributed by atoms with van der Waals surface area (Å²) in [6, 6.07) is 6.19. The predicted molar refractivity (Wildman–Crippen MR) is 70.4 cm³/mol. The number of amides is 1. The smallest absolute Gasteiger partial charge is 0.230 e. The summed E-state index contributed by atoms with van der Waals surface area (Å²) in [5.74, 6) is 0.468. The van der Waals surface area contributed by atoms with Crippen LogP contribution in [0.5, 0.6) is 0 Å². The van der Waals surface area contributed by atoms with E-state index in [1.165, 1.54) is 18.5 Å². The summed E-state index contributed by atoms with van der Waals surface area (Å²) >= 11 is 0. The van der Waals surface area contributed by atoms with Crippen LogP contribution in [-0.2, 0) is 16.6 Å². The Labute approximate surface area is 115 Å². The monoisotopic (exact) mass is 274 g/mol. The first-order valence-corrected chi connectivity index (χ1v) is 6.59. The molecule has 0 spiro atoms. The van der Waals surface area contributed by atoms with Crippen LogP contribution in [0.3, 0.4) is 0 Å². The van der Waals surface area contributed by atoms with Crippen molar-refractivity contribution in [2.75, 3.05) is 6.54 Å². The van der Waals surface area contributed by atoms with Crippen molar-refractivity contribution in [1.82, 2.24) is 20.5 Å². The van der Waals surface area contributed by atoms with Gasteiger partial charge in [0.15, 0.2) is 0 Å². The molecule has 2 aromatic rings. The van der Waals surface area contributed by atoms with Gasteiger partial charge in [0.2, 0.25) is 5.91 Å². The molecule has 0 unspecified atom stereocenters. The van der Waals surface area contributed by atoms with Gasteiger partial charge < -0.3 is 5.32 Å². The lowest BCUT2D eigenvalue weighted by Crippen LogP contribution is -2.36. The average Bonchev–Trinajstić information content (AvgIpc) is 3.10. The van der Waals surface area contributed by atoms with Gasteiger partial charge in [0.25, 0.3) is 0 Å². The van der Waals surface area contributed by atoms with Crippen LogP contribution in [-0.4, -0.2) is 27.6 Å². The van der Waals surface area contributed by atoms with Crippen molar-refractivity contribution in [2.45, 2.75) is 24.7 Å². The Morgan fingerprint density at radius 3 is 2.70 bits per heavy atom. The molecule has 1 saturated carbocycles. The molecule has 1 heterocycles. The fraction of sp³-hybridized carbons (Fsp3) is 0.357. The molecule has 6 heteroatoms. The number of aromatic amines is 1. The lowest BCUT2D eigenvalue weighted by Gasteiger charge is -2.15. The maximum Gasteiger partial charge on any atom is 0.230 e. The SMILES string of the molecule is O=C(NCCc1ncn[nH]1)C1(c2ccc(F)cc2)CC1. The summed E-state index contributed by atoms with van der Waals surface area (Å²) in [7, 11) is 0. The third-order valence-electron chi connectivity index (χ3n) is 3.69. The van der Waals surface area contributed by atoms with E-state index in [2.05, 4.69) is 20.5 Å². The van der Waals surface area contributed by atoms with E-state index in [1.807, 2.05) is 0 Å². The first-order valence-electron chi connectivity index (χ1n) is 6.59. The largest absolute Gasteiger partial charge is 0.355 e. The van der Waals surface area contributed by atoms with E-state index in [1.54, 1.807) is 12.1 Å². The fourth-order valence-electron chi connectivity index (χ4n) is 2.36. The summed E-state index contributed by atoms with van der Waals surface area (Å²) in [4.78, 5) is 16.3. The Bertz CT molecular complexity index is 590. The molecular formula is C14H15FN4O. The van der Waals surface area contributed by atoms with Gasteiger partial charge >= 0.3 is 0 Å². The predicted octanol–water partition coefficient (Wildman–Crippen LogP) is 1.33. The van der Waals surface area contributed by atoms with Gasteiger partial charge in [0.05, 0.1) is 5.41 Å². The van der Waals surface area contributed by atoms with Gasteiger partial charge in [-0.2, -0.15) is 5.10 Å². The molecule has 0 radical (unpaired) electrons. The van der Waals surface area contributed by atoms with Crippen LogP contribution in [0.2, 0.25) is 0 Å². The zero-order chi connectivity index (χ0) is 14.0. The molecule has 5 nitrogen and oxygen atoms in total. The van der Waals surface area contributed by atoms with Crippen LogP contribution in [0.4, 0.5) is 4.39 Å². The number of hydrogen-bond acceptors (Lipinski definition) is 3. The van der Waals surface area contributed by atoms with Gasteiger partial charge in [-0.1, -0.05) is 12.1 Å². The first-order chi connectivity index (χ1) is 9.71. The van der Waals surface area contributed by atoms with Crippen molar-refractivity contribution in [3.63, 3.8) is 0 Å². The summed E-state index contributed by atoms with van der Waals surface area (Å²) in [5, 5.41) is 9.42. The molecule has 0 saturated heterocycles. The third-order valence-corrected chi connectivity index (χ3v) is 3.69. The number of carbonyl (C=O) groups is 1. The molecule has 1 aliphatic rings. The van der Waals surface area contributed by atoms with Gasteiger partial charge in [-0.05, 0) is 30.5 Å². The molecular weight excluding hydrogens is 259 g/mol. The average molecular weight is 274 g/mol. The molecule has 1 amide bonds. The summed E-state index contributed by atoms with van der Waals surface area (Å²) in [6.07, 6.45) is 3.68. The molecule has 1 fully saturated rings. The molecule has 2 N–H and O–H groups in total. The van der Waals surface area contributed by atoms with E-state index in [4.69, 9.17) is 0 Å². The number of carbonyl (C=O) groups excluding carboxylic acids is 1. The van der Waals surface area contributed by atoms with Crippen molar-refractivity contribution >= 4 is 5.91 Å². The van der Waals surface area contributed by atoms with Crippen molar-refractivity contribution in [3.05, 3.63) is 47.8 Å². The second kappa shape index (κ2) is 5.03. The van der Waals surface area contributed by atoms with Crippen molar-refractivity contribution < 1.29 is 9.18 Å². The Balaban J connectivity index is 1.60. The van der Waals surface area contributed by atoms with Crippen molar-refractivity contribution in [3.8, 4) is 0 Å². The zero-order valence-electron chi connectivity index (χ0n) is 10.9. The van der Waals surface area contributed by atoms with Crippen LogP contribution in [0.15, 0.2) is 30.6 Å². The molecule has 1 aromatic heterocycles. The maximum absolute atomic E-state index is 12.9. The molecule has 1 aromatic carbocycles. The van der Waals surface area contributed by atoms with Crippen molar-refractivity contribution in [2.24, 2.45) is 0 Å². The molecule has 104 valence electrons. The van der Waals surface area contributed by atoms with Crippen LogP contribution in [0.1, 0.15) is 24.2 Å². The molecule has 1 aliphatic carbocycles. The molecule has 20 heavy (non-hydrogen) atoms. The highest BCUT2D eigenvalue weighted by Crippen LogP contribution is 2.48. The molecule has 0 aliphatic heterocycles. The second-order valence-corrected chi connectivity index (χ2v) is 5.03. The quantitative estimate of drug-likeness (QED) is 0.864. The number of nitrogens with one attached hydrogen (secondary N) is 2. The number of halogens is 1. The van der Waals surface area contributed by atoms with Gasteiger partial charge in [0.1, 0.15) is 18.0 Å². The van der Waals surface area contributed by atoms with Crippen LogP contribution >= 0.6 is 0 Å². The highest BCUT2D eigenvalue weighted by Gasteiger charge is 2.50. The molecule has 3 rings (SSSR count). The summed E-state index contributed by atoms with van der Waals surface area (Å²) in [6.45, 7) is 0.511. The number of aromatic nitrogens is 3. The van der Waals surface area contributed by atoms with E-state index in [-0.39, 0.29) is 11.7 Å². The first kappa shape index (κ1) is 12.8. The van der Waals surface area contributed by atoms with Gasteiger partial charge in [-0.15, -0.1) is 0 Å². The zero-order valence-corrected chi connectivity index (χ0v) is 10.9. The standard InChI is InChI=1S/C14H15FN4O/c15-11-3-1-10(2-4-11)14(6-7-14)13(20)16-8-5-12-17-9-18-19-12/h1-4,9H,5-8H2,(H,16,20)(H,17,18,19). The minimum atomic E-state index is -0.463. The van der Waals surface area contributed by atoms with E-state index in [0.29, 0.717) is 13.0 Å². The van der Waals surface area contributed by atoms with E-state index in [9.17, 15) is 9.18 Å². The van der Waals surface area contributed by atoms with Gasteiger partial charge in [-0.3, -0.25) is 9.89 Å². The Morgan fingerprint density at radius 1 is 1.35 bits per heavy atom. The summed E-state index contributed by atoms with van der Waals surface area (Å²) in [5.41, 5.74) is 0.422. The fourth-order valence-corrected chi connectivity index (χ4v) is 2.36. The Kier molecular flexibility index (Phi) is 3.22. The number of benzene rings is 1. The minimum absolute atomic E-state index is 0.00336. The van der Waals surface area contributed by atoms with E-state index in [0.717, 1.165) is 24.2 Å². The normalized spacial score (nSPS) is 15.8. The van der Waals surface area contributed by atoms with E-state index < -0.39 is 5.41 Å². The Morgan fingerprint density at radius 2 is 2.10 bits per heavy atom. The highest BCUT2D eigenvalue weighted by molar-refractivity contribution is 5.91. The van der Waals surface area contributed by atoms with Gasteiger partial charge in [-0.25, -0.2) is 9.37 Å². The number of hydrogen-bond donors (Lipinski definition) is 2. The second-order valence-electron chi connectivity index (χ2n) is 5.03. The maximum atomic E-state index is 12.9. The van der Waals surface area contributed by atoms with Crippen LogP contribution in [0.25, 0.3) is 0 Å². The van der Waals surface area contributed by atoms with Crippen molar-refractivity contribution in [1.29, 1.82) is 0 Å². The third kappa shape index (κ3) is 2.41. The summed E-state index contributed by atoms with van der Waals surface area (Å²) < 4.78 is 12.9.